The first-order valence-corrected chi connectivity index (χ1v) is 13.1. The number of rotatable bonds is 9. The molecule has 6 rings (SSSR count). The van der Waals surface area contributed by atoms with Gasteiger partial charge in [-0.3, -0.25) is 4.98 Å². The van der Waals surface area contributed by atoms with Crippen LogP contribution in [-0.4, -0.2) is 26.4 Å². The van der Waals surface area contributed by atoms with Crippen molar-refractivity contribution in [1.29, 1.82) is 0 Å². The largest absolute Gasteiger partial charge is 0.377 e. The molecule has 0 unspecified atom stereocenters. The molecular formula is C33H26F2N4O. The van der Waals surface area contributed by atoms with Gasteiger partial charge in [0.25, 0.3) is 0 Å². The molecule has 0 saturated carbocycles. The first-order valence-electron chi connectivity index (χ1n) is 13.1. The minimum absolute atomic E-state index is 0.315. The lowest BCUT2D eigenvalue weighted by atomic mass is 9.89. The number of nitrogens with zero attached hydrogens (tertiary/aromatic N) is 4. The Bertz CT molecular complexity index is 1720. The number of pyridine rings is 2. The predicted octanol–water partition coefficient (Wildman–Crippen LogP) is 7.71. The number of ether oxygens (including phenoxy) is 1. The number of aryl methyl sites for hydroxylation is 1. The van der Waals surface area contributed by atoms with E-state index in [9.17, 15) is 8.78 Å². The van der Waals surface area contributed by atoms with Gasteiger partial charge in [-0.25, -0.2) is 18.4 Å². The van der Waals surface area contributed by atoms with Crippen molar-refractivity contribution in [2.75, 3.05) is 6.61 Å². The van der Waals surface area contributed by atoms with Gasteiger partial charge in [0.05, 0.1) is 18.5 Å². The molecule has 0 N–H and O–H groups in total. The van der Waals surface area contributed by atoms with Crippen LogP contribution in [0.5, 0.6) is 0 Å². The summed E-state index contributed by atoms with van der Waals surface area (Å²) in [5.74, 6) is -0.640. The maximum atomic E-state index is 14.0. The highest BCUT2D eigenvalue weighted by molar-refractivity contribution is 6.06. The minimum Gasteiger partial charge on any atom is -0.377 e. The molecule has 3 aromatic carbocycles. The van der Waals surface area contributed by atoms with E-state index in [1.165, 1.54) is 24.3 Å². The Kier molecular flexibility index (Phi) is 7.37. The quantitative estimate of drug-likeness (QED) is 0.179. The second-order valence-electron chi connectivity index (χ2n) is 9.46. The van der Waals surface area contributed by atoms with Crippen LogP contribution in [-0.2, 0) is 17.9 Å². The third kappa shape index (κ3) is 5.37. The van der Waals surface area contributed by atoms with E-state index in [0.29, 0.717) is 31.1 Å². The van der Waals surface area contributed by atoms with E-state index in [0.717, 1.165) is 45.2 Å². The normalized spacial score (nSPS) is 11.2. The third-order valence-electron chi connectivity index (χ3n) is 6.78. The average Bonchev–Trinajstić information content (AvgIpc) is 3.40. The molecule has 0 saturated heterocycles. The Hall–Kier alpha value is -4.75. The second kappa shape index (κ2) is 11.6. The van der Waals surface area contributed by atoms with Crippen LogP contribution < -0.4 is 0 Å². The lowest BCUT2D eigenvalue weighted by Crippen LogP contribution is -2.06. The maximum Gasteiger partial charge on any atom is 0.159 e. The number of fused-ring (bicyclic) bond motifs is 1. The maximum absolute atomic E-state index is 14.0. The number of hydrogen-bond donors (Lipinski definition) is 0. The van der Waals surface area contributed by atoms with Crippen molar-refractivity contribution in [2.45, 2.75) is 19.6 Å². The summed E-state index contributed by atoms with van der Waals surface area (Å²) in [7, 11) is 0. The highest BCUT2D eigenvalue weighted by atomic mass is 19.1. The van der Waals surface area contributed by atoms with Crippen molar-refractivity contribution in [3.8, 4) is 33.5 Å². The fourth-order valence-corrected chi connectivity index (χ4v) is 4.87. The molecule has 0 aliphatic heterocycles. The lowest BCUT2D eigenvalue weighted by Gasteiger charge is -2.17. The summed E-state index contributed by atoms with van der Waals surface area (Å²) in [5.41, 5.74) is 6.71. The van der Waals surface area contributed by atoms with Gasteiger partial charge in [-0.2, -0.15) is 5.10 Å². The first-order chi connectivity index (χ1) is 19.7. The number of hydrogen-bond acceptors (Lipinski definition) is 4. The summed E-state index contributed by atoms with van der Waals surface area (Å²) < 4.78 is 35.6. The van der Waals surface area contributed by atoms with Crippen LogP contribution in [0, 0.1) is 11.6 Å². The fraction of sp³-hybridized carbons (Fsp3) is 0.121. The summed E-state index contributed by atoms with van der Waals surface area (Å²) in [4.78, 5) is 9.29. The third-order valence-corrected chi connectivity index (χ3v) is 6.78. The van der Waals surface area contributed by atoms with Crippen LogP contribution >= 0.6 is 0 Å². The van der Waals surface area contributed by atoms with Gasteiger partial charge in [-0.1, -0.05) is 42.5 Å². The van der Waals surface area contributed by atoms with E-state index >= 15 is 0 Å². The van der Waals surface area contributed by atoms with Crippen molar-refractivity contribution in [3.05, 3.63) is 127 Å². The van der Waals surface area contributed by atoms with E-state index < -0.39 is 0 Å². The van der Waals surface area contributed by atoms with Crippen molar-refractivity contribution < 1.29 is 13.5 Å². The Morgan fingerprint density at radius 3 is 2.05 bits per heavy atom. The molecule has 6 aromatic rings. The molecule has 0 spiro atoms. The highest BCUT2D eigenvalue weighted by Crippen LogP contribution is 2.43. The molecule has 40 heavy (non-hydrogen) atoms. The topological polar surface area (TPSA) is 52.8 Å². The van der Waals surface area contributed by atoms with E-state index in [1.54, 1.807) is 36.7 Å². The standard InChI is InChI=1S/C33H26F2N4O/c34-27-11-7-24(8-12-27)30-29-21-37-39(19-4-20-40-22-23-5-2-1-3-6-23)33(29)38-32(26-9-13-28(35)14-10-26)31(30)25-15-17-36-18-16-25/h1-3,5-18,21H,4,19-20,22H2. The number of halogens is 2. The summed E-state index contributed by atoms with van der Waals surface area (Å²) >= 11 is 0. The van der Waals surface area contributed by atoms with Gasteiger partial charge in [-0.15, -0.1) is 0 Å². The molecule has 0 atom stereocenters. The summed E-state index contributed by atoms with van der Waals surface area (Å²) in [6, 6.07) is 26.6. The van der Waals surface area contributed by atoms with Gasteiger partial charge in [0.2, 0.25) is 0 Å². The molecule has 7 heteroatoms. The van der Waals surface area contributed by atoms with Gasteiger partial charge in [0.1, 0.15) is 11.6 Å². The van der Waals surface area contributed by atoms with E-state index in [-0.39, 0.29) is 11.6 Å². The Balaban J connectivity index is 1.44. The van der Waals surface area contributed by atoms with Crippen LogP contribution in [0.2, 0.25) is 0 Å². The zero-order valence-corrected chi connectivity index (χ0v) is 21.7. The van der Waals surface area contributed by atoms with Crippen molar-refractivity contribution in [3.63, 3.8) is 0 Å². The van der Waals surface area contributed by atoms with Crippen molar-refractivity contribution >= 4 is 11.0 Å². The van der Waals surface area contributed by atoms with Gasteiger partial charge in [0, 0.05) is 47.6 Å². The summed E-state index contributed by atoms with van der Waals surface area (Å²) in [5, 5.41) is 5.53. The molecule has 5 nitrogen and oxygen atoms in total. The Labute approximate surface area is 230 Å². The second-order valence-corrected chi connectivity index (χ2v) is 9.46. The predicted molar refractivity (Wildman–Crippen MR) is 152 cm³/mol. The smallest absolute Gasteiger partial charge is 0.159 e. The monoisotopic (exact) mass is 532 g/mol. The van der Waals surface area contributed by atoms with Crippen LogP contribution in [0.3, 0.4) is 0 Å². The molecule has 0 radical (unpaired) electrons. The zero-order chi connectivity index (χ0) is 27.3. The van der Waals surface area contributed by atoms with Crippen LogP contribution in [0.1, 0.15) is 12.0 Å². The van der Waals surface area contributed by atoms with E-state index in [2.05, 4.69) is 4.98 Å². The molecule has 0 aliphatic carbocycles. The van der Waals surface area contributed by atoms with E-state index in [4.69, 9.17) is 14.8 Å². The Morgan fingerprint density at radius 2 is 1.35 bits per heavy atom. The van der Waals surface area contributed by atoms with Crippen molar-refractivity contribution in [2.24, 2.45) is 0 Å². The molecular weight excluding hydrogens is 506 g/mol. The molecule has 198 valence electrons. The molecule has 0 aliphatic rings. The fourth-order valence-electron chi connectivity index (χ4n) is 4.87. The van der Waals surface area contributed by atoms with Crippen LogP contribution in [0.15, 0.2) is 110 Å². The van der Waals surface area contributed by atoms with Gasteiger partial charge in [-0.05, 0) is 71.6 Å². The molecule has 0 amide bonds. The summed E-state index contributed by atoms with van der Waals surface area (Å²) in [6.45, 7) is 1.73. The summed E-state index contributed by atoms with van der Waals surface area (Å²) in [6.07, 6.45) is 6.00. The van der Waals surface area contributed by atoms with Gasteiger partial charge >= 0.3 is 0 Å². The van der Waals surface area contributed by atoms with Crippen LogP contribution in [0.4, 0.5) is 8.78 Å². The van der Waals surface area contributed by atoms with E-state index in [1.807, 2.05) is 53.3 Å². The Morgan fingerprint density at radius 1 is 0.700 bits per heavy atom. The molecule has 3 heterocycles. The number of benzene rings is 3. The highest BCUT2D eigenvalue weighted by Gasteiger charge is 2.22. The van der Waals surface area contributed by atoms with Gasteiger partial charge in [0.15, 0.2) is 5.65 Å². The lowest BCUT2D eigenvalue weighted by molar-refractivity contribution is 0.115. The minimum atomic E-state index is -0.324. The zero-order valence-electron chi connectivity index (χ0n) is 21.7. The molecule has 0 fully saturated rings. The molecule has 0 bridgehead atoms. The SMILES string of the molecule is Fc1ccc(-c2nc3c(cnn3CCCOCc3ccccc3)c(-c3ccc(F)cc3)c2-c2ccncc2)cc1. The van der Waals surface area contributed by atoms with Crippen molar-refractivity contribution in [1.82, 2.24) is 19.7 Å². The number of aromatic nitrogens is 4. The first kappa shape index (κ1) is 25.5. The van der Waals surface area contributed by atoms with Crippen LogP contribution in [0.25, 0.3) is 44.5 Å². The average molecular weight is 533 g/mol. The molecule has 3 aromatic heterocycles. The van der Waals surface area contributed by atoms with Gasteiger partial charge < -0.3 is 4.74 Å².